The fourth-order valence-corrected chi connectivity index (χ4v) is 5.02. The van der Waals surface area contributed by atoms with Gasteiger partial charge in [0.05, 0.1) is 5.02 Å². The van der Waals surface area contributed by atoms with Crippen LogP contribution in [0.1, 0.15) is 18.5 Å². The summed E-state index contributed by atoms with van der Waals surface area (Å²) in [7, 11) is 0. The lowest BCUT2D eigenvalue weighted by Gasteiger charge is -2.08. The Morgan fingerprint density at radius 2 is 1.95 bits per heavy atom. The number of benzene rings is 2. The average molecular weight is 569 g/mol. The first-order valence-corrected chi connectivity index (χ1v) is 13.0. The van der Waals surface area contributed by atoms with Crippen LogP contribution in [0, 0.1) is 0 Å². The predicted molar refractivity (Wildman–Crippen MR) is 151 cm³/mol. The van der Waals surface area contributed by atoms with Crippen molar-refractivity contribution in [2.75, 3.05) is 5.32 Å². The summed E-state index contributed by atoms with van der Waals surface area (Å²) in [5, 5.41) is 20.5. The van der Waals surface area contributed by atoms with E-state index in [4.69, 9.17) is 39.8 Å². The van der Waals surface area contributed by atoms with Crippen LogP contribution in [-0.4, -0.2) is 30.8 Å². The maximum atomic E-state index is 12.3. The SMILES string of the molecule is CCc1nnc2sc(-c3ccc(NC(=S)NC(=O)C=Cc4ccc(-c5ccc(Cl)cc5Cl)o4)cc3)nn12. The van der Waals surface area contributed by atoms with Crippen LogP contribution in [0.5, 0.6) is 0 Å². The van der Waals surface area contributed by atoms with E-state index in [1.807, 2.05) is 31.2 Å². The van der Waals surface area contributed by atoms with Crippen LogP contribution in [0.25, 0.3) is 32.9 Å². The Morgan fingerprint density at radius 1 is 1.14 bits per heavy atom. The van der Waals surface area contributed by atoms with Crippen LogP contribution in [-0.2, 0) is 11.2 Å². The first-order chi connectivity index (χ1) is 17.9. The standard InChI is InChI=1S/C25H18Cl2N6O2S2/c1-2-21-30-31-25-33(21)32-23(37-25)14-3-6-16(7-4-14)28-24(36)29-22(34)12-9-17-8-11-20(35-17)18-10-5-15(26)13-19(18)27/h3-13H,2H2,1H3,(H2,28,29,34,36). The Kier molecular flexibility index (Phi) is 7.33. The third-order valence-corrected chi connectivity index (χ3v) is 6.92. The van der Waals surface area contributed by atoms with E-state index in [1.54, 1.807) is 40.9 Å². The van der Waals surface area contributed by atoms with Gasteiger partial charge in [-0.2, -0.15) is 9.61 Å². The van der Waals surface area contributed by atoms with Crippen LogP contribution >= 0.6 is 46.8 Å². The molecule has 0 spiro atoms. The lowest BCUT2D eigenvalue weighted by atomic mass is 10.2. The van der Waals surface area contributed by atoms with E-state index in [9.17, 15) is 4.79 Å². The molecular weight excluding hydrogens is 551 g/mol. The molecule has 2 aromatic carbocycles. The van der Waals surface area contributed by atoms with Gasteiger partial charge in [-0.15, -0.1) is 10.2 Å². The number of aromatic nitrogens is 4. The topological polar surface area (TPSA) is 97.3 Å². The number of halogens is 2. The number of hydrogen-bond acceptors (Lipinski definition) is 7. The number of carbonyl (C=O) groups is 1. The normalized spacial score (nSPS) is 11.3. The van der Waals surface area contributed by atoms with Gasteiger partial charge in [-0.05, 0) is 72.9 Å². The van der Waals surface area contributed by atoms with Crippen molar-refractivity contribution in [3.63, 3.8) is 0 Å². The zero-order valence-electron chi connectivity index (χ0n) is 19.2. The summed E-state index contributed by atoms with van der Waals surface area (Å²) in [6.07, 6.45) is 3.64. The average Bonchev–Trinajstić information content (AvgIpc) is 3.59. The third kappa shape index (κ3) is 5.72. The molecule has 0 fully saturated rings. The van der Waals surface area contributed by atoms with Crippen molar-refractivity contribution in [1.82, 2.24) is 25.1 Å². The van der Waals surface area contributed by atoms with E-state index >= 15 is 0 Å². The molecule has 0 bridgehead atoms. The fourth-order valence-electron chi connectivity index (χ4n) is 3.44. The molecule has 3 heterocycles. The fraction of sp³-hybridized carbons (Fsp3) is 0.0800. The van der Waals surface area contributed by atoms with Gasteiger partial charge in [-0.25, -0.2) is 0 Å². The van der Waals surface area contributed by atoms with Crippen molar-refractivity contribution >= 4 is 74.5 Å². The van der Waals surface area contributed by atoms with Crippen LogP contribution in [0.3, 0.4) is 0 Å². The van der Waals surface area contributed by atoms with Crippen molar-refractivity contribution in [2.24, 2.45) is 0 Å². The largest absolute Gasteiger partial charge is 0.457 e. The number of anilines is 1. The molecule has 0 atom stereocenters. The Balaban J connectivity index is 1.17. The number of nitrogens with zero attached hydrogens (tertiary/aromatic N) is 4. The molecular formula is C25H18Cl2N6O2S2. The van der Waals surface area contributed by atoms with E-state index < -0.39 is 5.91 Å². The maximum Gasteiger partial charge on any atom is 0.250 e. The Labute approximate surface area is 230 Å². The lowest BCUT2D eigenvalue weighted by Crippen LogP contribution is -2.32. The van der Waals surface area contributed by atoms with E-state index in [0.717, 1.165) is 33.5 Å². The highest BCUT2D eigenvalue weighted by Crippen LogP contribution is 2.32. The summed E-state index contributed by atoms with van der Waals surface area (Å²) in [5.74, 6) is 1.48. The smallest absolute Gasteiger partial charge is 0.250 e. The van der Waals surface area contributed by atoms with Gasteiger partial charge in [0, 0.05) is 34.3 Å². The summed E-state index contributed by atoms with van der Waals surface area (Å²) in [6, 6.07) is 16.2. The van der Waals surface area contributed by atoms with Gasteiger partial charge in [-0.3, -0.25) is 10.1 Å². The lowest BCUT2D eigenvalue weighted by molar-refractivity contribution is -0.115. The minimum absolute atomic E-state index is 0.168. The minimum atomic E-state index is -0.400. The molecule has 0 radical (unpaired) electrons. The van der Waals surface area contributed by atoms with E-state index in [-0.39, 0.29) is 5.11 Å². The monoisotopic (exact) mass is 568 g/mol. The second-order valence-corrected chi connectivity index (χ2v) is 9.96. The molecule has 186 valence electrons. The first-order valence-electron chi connectivity index (χ1n) is 11.1. The maximum absolute atomic E-state index is 12.3. The van der Waals surface area contributed by atoms with Crippen molar-refractivity contribution in [3.8, 4) is 21.9 Å². The van der Waals surface area contributed by atoms with Gasteiger partial charge in [0.2, 0.25) is 10.9 Å². The zero-order chi connectivity index (χ0) is 25.9. The number of fused-ring (bicyclic) bond motifs is 1. The van der Waals surface area contributed by atoms with Gasteiger partial charge in [-0.1, -0.05) is 41.5 Å². The van der Waals surface area contributed by atoms with Crippen LogP contribution in [0.15, 0.2) is 65.1 Å². The molecule has 0 aliphatic carbocycles. The van der Waals surface area contributed by atoms with Crippen LogP contribution in [0.2, 0.25) is 10.0 Å². The van der Waals surface area contributed by atoms with Gasteiger partial charge < -0.3 is 9.73 Å². The third-order valence-electron chi connectivity index (χ3n) is 5.22. The summed E-state index contributed by atoms with van der Waals surface area (Å²) < 4.78 is 7.52. The molecule has 5 aromatic rings. The number of aryl methyl sites for hydroxylation is 1. The molecule has 5 rings (SSSR count). The molecule has 0 aliphatic heterocycles. The number of hydrogen-bond donors (Lipinski definition) is 2. The van der Waals surface area contributed by atoms with E-state index in [2.05, 4.69) is 25.9 Å². The number of furan rings is 1. The molecule has 0 saturated heterocycles. The number of thiocarbonyl (C=S) groups is 1. The van der Waals surface area contributed by atoms with Gasteiger partial charge in [0.1, 0.15) is 16.5 Å². The van der Waals surface area contributed by atoms with Crippen LogP contribution < -0.4 is 10.6 Å². The van der Waals surface area contributed by atoms with Gasteiger partial charge >= 0.3 is 0 Å². The molecule has 8 nitrogen and oxygen atoms in total. The molecule has 0 aliphatic rings. The molecule has 3 aromatic heterocycles. The second-order valence-electron chi connectivity index (χ2n) is 7.75. The predicted octanol–water partition coefficient (Wildman–Crippen LogP) is 6.51. The highest BCUT2D eigenvalue weighted by molar-refractivity contribution is 7.80. The van der Waals surface area contributed by atoms with Crippen molar-refractivity contribution in [1.29, 1.82) is 0 Å². The number of carbonyl (C=O) groups excluding carboxylic acids is 1. The van der Waals surface area contributed by atoms with Crippen molar-refractivity contribution in [3.05, 3.63) is 82.3 Å². The van der Waals surface area contributed by atoms with Crippen molar-refractivity contribution < 1.29 is 9.21 Å². The van der Waals surface area contributed by atoms with E-state index in [0.29, 0.717) is 27.1 Å². The minimum Gasteiger partial charge on any atom is -0.457 e. The summed E-state index contributed by atoms with van der Waals surface area (Å²) in [4.78, 5) is 13.1. The molecule has 37 heavy (non-hydrogen) atoms. The summed E-state index contributed by atoms with van der Waals surface area (Å²) in [5.41, 5.74) is 2.38. The number of rotatable bonds is 6. The Morgan fingerprint density at radius 3 is 2.70 bits per heavy atom. The van der Waals surface area contributed by atoms with Gasteiger partial charge in [0.15, 0.2) is 10.9 Å². The molecule has 1 amide bonds. The van der Waals surface area contributed by atoms with Crippen molar-refractivity contribution in [2.45, 2.75) is 13.3 Å². The van der Waals surface area contributed by atoms with Gasteiger partial charge in [0.25, 0.3) is 0 Å². The van der Waals surface area contributed by atoms with E-state index in [1.165, 1.54) is 17.4 Å². The quantitative estimate of drug-likeness (QED) is 0.178. The first kappa shape index (κ1) is 25.1. The molecule has 0 unspecified atom stereocenters. The summed E-state index contributed by atoms with van der Waals surface area (Å²) >= 11 is 18.9. The Bertz CT molecular complexity index is 1640. The molecule has 12 heteroatoms. The number of amides is 1. The molecule has 2 N–H and O–H groups in total. The highest BCUT2D eigenvalue weighted by atomic mass is 35.5. The molecule has 0 saturated carbocycles. The second kappa shape index (κ2) is 10.8. The zero-order valence-corrected chi connectivity index (χ0v) is 22.4. The van der Waals surface area contributed by atoms with Crippen LogP contribution in [0.4, 0.5) is 5.69 Å². The Hall–Kier alpha value is -3.57. The highest BCUT2D eigenvalue weighted by Gasteiger charge is 2.12. The number of nitrogens with one attached hydrogen (secondary N) is 2. The summed E-state index contributed by atoms with van der Waals surface area (Å²) in [6.45, 7) is 2.01.